The van der Waals surface area contributed by atoms with Gasteiger partial charge < -0.3 is 33.2 Å². The summed E-state index contributed by atoms with van der Waals surface area (Å²) in [7, 11) is 0. The molecular formula is C21H39IN2O. The highest BCUT2D eigenvalue weighted by atomic mass is 127. The maximum absolute atomic E-state index is 6.02. The fourth-order valence-corrected chi connectivity index (χ4v) is 3.32. The van der Waals surface area contributed by atoms with Crippen LogP contribution in [0.1, 0.15) is 46.6 Å². The van der Waals surface area contributed by atoms with Crippen molar-refractivity contribution in [1.82, 2.24) is 4.90 Å². The predicted molar refractivity (Wildman–Crippen MR) is 105 cm³/mol. The van der Waals surface area contributed by atoms with Crippen molar-refractivity contribution in [2.24, 2.45) is 0 Å². The fraction of sp³-hybridized carbons (Fsp3) is 0.714. The predicted octanol–water partition coefficient (Wildman–Crippen LogP) is 1.35. The van der Waals surface area contributed by atoms with Gasteiger partial charge in [0.05, 0.1) is 19.6 Å². The molecule has 0 amide bonds. The third-order valence-corrected chi connectivity index (χ3v) is 5.65. The summed E-state index contributed by atoms with van der Waals surface area (Å²) in [6.45, 7) is 21.4. The van der Waals surface area contributed by atoms with Crippen molar-refractivity contribution >= 4 is 0 Å². The maximum Gasteiger partial charge on any atom is 0.137 e. The fourth-order valence-electron chi connectivity index (χ4n) is 3.32. The summed E-state index contributed by atoms with van der Waals surface area (Å²) in [6.07, 6.45) is 1.22. The SMILES string of the molecule is CCC(C)N(CC)CC[N+](CC)(CC)CCOc1cccc(C)c1.[I-]. The van der Waals surface area contributed by atoms with Crippen LogP contribution in [0.25, 0.3) is 0 Å². The molecule has 0 saturated carbocycles. The highest BCUT2D eigenvalue weighted by molar-refractivity contribution is 5.27. The van der Waals surface area contributed by atoms with Crippen molar-refractivity contribution in [1.29, 1.82) is 0 Å². The molecule has 0 aliphatic rings. The van der Waals surface area contributed by atoms with Crippen LogP contribution in [0.3, 0.4) is 0 Å². The topological polar surface area (TPSA) is 12.5 Å². The first-order valence-corrected chi connectivity index (χ1v) is 9.78. The molecule has 4 heteroatoms. The van der Waals surface area contributed by atoms with Crippen LogP contribution in [0.15, 0.2) is 24.3 Å². The summed E-state index contributed by atoms with van der Waals surface area (Å²) in [5.41, 5.74) is 1.26. The smallest absolute Gasteiger partial charge is 0.137 e. The van der Waals surface area contributed by atoms with Gasteiger partial charge in [-0.1, -0.05) is 26.0 Å². The molecule has 0 radical (unpaired) electrons. The highest BCUT2D eigenvalue weighted by Crippen LogP contribution is 2.14. The first kappa shape index (κ1) is 24.7. The number of likely N-dealkylation sites (N-methyl/N-ethyl adjacent to an activating group) is 2. The molecule has 1 rings (SSSR count). The van der Waals surface area contributed by atoms with Crippen LogP contribution in [-0.2, 0) is 0 Å². The van der Waals surface area contributed by atoms with E-state index in [2.05, 4.69) is 70.7 Å². The van der Waals surface area contributed by atoms with Crippen molar-refractivity contribution in [3.05, 3.63) is 29.8 Å². The van der Waals surface area contributed by atoms with E-state index >= 15 is 0 Å². The van der Waals surface area contributed by atoms with E-state index < -0.39 is 0 Å². The zero-order valence-corrected chi connectivity index (χ0v) is 19.4. The minimum Gasteiger partial charge on any atom is -1.00 e. The second-order valence-corrected chi connectivity index (χ2v) is 6.97. The molecule has 1 aromatic carbocycles. The van der Waals surface area contributed by atoms with Crippen LogP contribution in [0, 0.1) is 6.92 Å². The van der Waals surface area contributed by atoms with E-state index in [-0.39, 0.29) is 24.0 Å². The summed E-state index contributed by atoms with van der Waals surface area (Å²) in [5, 5.41) is 0. The van der Waals surface area contributed by atoms with Crippen LogP contribution < -0.4 is 28.7 Å². The molecular weight excluding hydrogens is 423 g/mol. The Balaban J connectivity index is 0.00000576. The normalized spacial score (nSPS) is 12.8. The van der Waals surface area contributed by atoms with Gasteiger partial charge in [-0.2, -0.15) is 0 Å². The van der Waals surface area contributed by atoms with Gasteiger partial charge in [0.2, 0.25) is 0 Å². The molecule has 0 N–H and O–H groups in total. The van der Waals surface area contributed by atoms with Crippen LogP contribution in [0.4, 0.5) is 0 Å². The van der Waals surface area contributed by atoms with E-state index in [0.29, 0.717) is 6.04 Å². The summed E-state index contributed by atoms with van der Waals surface area (Å²) in [5.74, 6) is 0.995. The lowest BCUT2D eigenvalue weighted by atomic mass is 10.2. The van der Waals surface area contributed by atoms with E-state index in [1.807, 2.05) is 0 Å². The molecule has 0 fully saturated rings. The summed E-state index contributed by atoms with van der Waals surface area (Å²) >= 11 is 0. The van der Waals surface area contributed by atoms with Gasteiger partial charge in [-0.05, 0) is 58.4 Å². The third-order valence-electron chi connectivity index (χ3n) is 5.65. The lowest BCUT2D eigenvalue weighted by Crippen LogP contribution is -3.00. The van der Waals surface area contributed by atoms with E-state index in [1.54, 1.807) is 0 Å². The number of aryl methyl sites for hydroxylation is 1. The van der Waals surface area contributed by atoms with Crippen molar-refractivity contribution in [3.63, 3.8) is 0 Å². The Morgan fingerprint density at radius 1 is 1.08 bits per heavy atom. The Bertz CT molecular complexity index is 463. The lowest BCUT2D eigenvalue weighted by Gasteiger charge is -2.39. The molecule has 0 bridgehead atoms. The number of rotatable bonds is 12. The average molecular weight is 462 g/mol. The lowest BCUT2D eigenvalue weighted by molar-refractivity contribution is -0.924. The summed E-state index contributed by atoms with van der Waals surface area (Å²) in [4.78, 5) is 2.61. The summed E-state index contributed by atoms with van der Waals surface area (Å²) in [6, 6.07) is 9.03. The number of hydrogen-bond donors (Lipinski definition) is 0. The van der Waals surface area contributed by atoms with Gasteiger partial charge in [0.25, 0.3) is 0 Å². The Morgan fingerprint density at radius 2 is 1.76 bits per heavy atom. The minimum absolute atomic E-state index is 0. The second kappa shape index (κ2) is 12.9. The maximum atomic E-state index is 6.02. The zero-order chi connectivity index (χ0) is 18.0. The quantitative estimate of drug-likeness (QED) is 0.344. The van der Waals surface area contributed by atoms with Crippen molar-refractivity contribution in [3.8, 4) is 5.75 Å². The van der Waals surface area contributed by atoms with Crippen molar-refractivity contribution in [2.75, 3.05) is 45.9 Å². The molecule has 0 aliphatic carbocycles. The molecule has 146 valence electrons. The highest BCUT2D eigenvalue weighted by Gasteiger charge is 2.25. The molecule has 1 aromatic rings. The Labute approximate surface area is 173 Å². The molecule has 0 saturated heterocycles. The van der Waals surface area contributed by atoms with Gasteiger partial charge in [0, 0.05) is 12.6 Å². The van der Waals surface area contributed by atoms with Gasteiger partial charge in [-0.25, -0.2) is 0 Å². The largest absolute Gasteiger partial charge is 1.00 e. The second-order valence-electron chi connectivity index (χ2n) is 6.97. The monoisotopic (exact) mass is 462 g/mol. The number of nitrogens with zero attached hydrogens (tertiary/aromatic N) is 2. The molecule has 25 heavy (non-hydrogen) atoms. The standard InChI is InChI=1S/C21H39N2O.HI/c1-7-20(6)22(8-2)14-15-23(9-3,10-4)16-17-24-21-13-11-12-19(5)18-21;/h11-13,18,20H,7-10,14-17H2,1-6H3;1H/q+1;/p-1. The number of ether oxygens (including phenoxy) is 1. The molecule has 3 nitrogen and oxygen atoms in total. The first-order chi connectivity index (χ1) is 11.5. The van der Waals surface area contributed by atoms with E-state index in [1.165, 1.54) is 38.2 Å². The van der Waals surface area contributed by atoms with Crippen molar-refractivity contribution in [2.45, 2.75) is 54.0 Å². The molecule has 0 spiro atoms. The molecule has 0 aromatic heterocycles. The van der Waals surface area contributed by atoms with Crippen LogP contribution in [0.5, 0.6) is 5.75 Å². The van der Waals surface area contributed by atoms with Gasteiger partial charge in [0.1, 0.15) is 18.9 Å². The van der Waals surface area contributed by atoms with Crippen LogP contribution in [-0.4, -0.2) is 61.3 Å². The van der Waals surface area contributed by atoms with E-state index in [0.717, 1.165) is 29.9 Å². The molecule has 0 heterocycles. The number of benzene rings is 1. The Morgan fingerprint density at radius 3 is 2.28 bits per heavy atom. The van der Waals surface area contributed by atoms with Gasteiger partial charge in [0.15, 0.2) is 0 Å². The van der Waals surface area contributed by atoms with Crippen molar-refractivity contribution < 1.29 is 33.2 Å². The third kappa shape index (κ3) is 8.27. The van der Waals surface area contributed by atoms with Gasteiger partial charge >= 0.3 is 0 Å². The number of quaternary nitrogens is 1. The molecule has 0 aliphatic heterocycles. The Hall–Kier alpha value is -0.330. The van der Waals surface area contributed by atoms with E-state index in [9.17, 15) is 0 Å². The number of hydrogen-bond acceptors (Lipinski definition) is 2. The van der Waals surface area contributed by atoms with Gasteiger partial charge in [-0.3, -0.25) is 4.90 Å². The van der Waals surface area contributed by atoms with E-state index in [4.69, 9.17) is 4.74 Å². The van der Waals surface area contributed by atoms with Crippen LogP contribution in [0.2, 0.25) is 0 Å². The van der Waals surface area contributed by atoms with Gasteiger partial charge in [-0.15, -0.1) is 0 Å². The molecule has 1 atom stereocenters. The number of halogens is 1. The molecule has 1 unspecified atom stereocenters. The average Bonchev–Trinajstić information content (AvgIpc) is 2.60. The zero-order valence-electron chi connectivity index (χ0n) is 17.2. The minimum atomic E-state index is 0. The Kier molecular flexibility index (Phi) is 12.8. The summed E-state index contributed by atoms with van der Waals surface area (Å²) < 4.78 is 7.16. The first-order valence-electron chi connectivity index (χ1n) is 9.78. The van der Waals surface area contributed by atoms with Crippen LogP contribution >= 0.6 is 0 Å².